The fourth-order valence-electron chi connectivity index (χ4n) is 3.67. The van der Waals surface area contributed by atoms with Crippen LogP contribution in [-0.2, 0) is 24.3 Å². The normalized spacial score (nSPS) is 22.6. The molecule has 0 N–H and O–H groups in total. The molecule has 0 unspecified atom stereocenters. The first-order chi connectivity index (χ1) is 12.9. The Hall–Kier alpha value is -1.45. The Labute approximate surface area is 164 Å². The number of esters is 1. The van der Waals surface area contributed by atoms with E-state index in [2.05, 4.69) is 0 Å². The molecule has 2 aliphatic heterocycles. The Morgan fingerprint density at radius 1 is 1.19 bits per heavy atom. The van der Waals surface area contributed by atoms with E-state index >= 15 is 0 Å². The van der Waals surface area contributed by atoms with Gasteiger partial charge in [0, 0.05) is 25.7 Å². The van der Waals surface area contributed by atoms with Gasteiger partial charge >= 0.3 is 5.97 Å². The summed E-state index contributed by atoms with van der Waals surface area (Å²) in [5, 5.41) is 1.73. The number of hydrogen-bond acceptors (Lipinski definition) is 6. The predicted molar refractivity (Wildman–Crippen MR) is 102 cm³/mol. The first-order valence-electron chi connectivity index (χ1n) is 9.39. The van der Waals surface area contributed by atoms with Crippen LogP contribution in [0.15, 0.2) is 21.7 Å². The van der Waals surface area contributed by atoms with E-state index in [1.807, 2.05) is 6.92 Å². The number of piperidine rings is 2. The zero-order valence-corrected chi connectivity index (χ0v) is 17.1. The molecule has 3 heterocycles. The van der Waals surface area contributed by atoms with E-state index in [4.69, 9.17) is 4.74 Å². The topological polar surface area (TPSA) is 84.0 Å². The third-order valence-corrected chi connectivity index (χ3v) is 8.61. The molecule has 1 aromatic rings. The number of amides is 1. The highest BCUT2D eigenvalue weighted by Gasteiger charge is 2.33. The molecule has 0 aliphatic carbocycles. The number of carbonyl (C=O) groups excluding carboxylic acids is 2. The van der Waals surface area contributed by atoms with Gasteiger partial charge in [-0.3, -0.25) is 9.59 Å². The monoisotopic (exact) mass is 414 g/mol. The smallest absolute Gasteiger partial charge is 0.309 e. The lowest BCUT2D eigenvalue weighted by atomic mass is 9.98. The third kappa shape index (κ3) is 4.70. The highest BCUT2D eigenvalue weighted by molar-refractivity contribution is 7.91. The minimum absolute atomic E-state index is 0.145. The second-order valence-corrected chi connectivity index (χ2v) is 10.3. The summed E-state index contributed by atoms with van der Waals surface area (Å²) in [6, 6.07) is 3.49. The van der Waals surface area contributed by atoms with Crippen molar-refractivity contribution in [1.82, 2.24) is 9.21 Å². The number of likely N-dealkylation sites (tertiary alicyclic amines) is 1. The SMILES string of the molecule is C[C@H]1CCCCN1C(=O)COC(=O)C1CCN(S(=O)(=O)c2cccs2)CC1. The molecule has 1 amide bonds. The number of carbonyl (C=O) groups is 2. The predicted octanol–water partition coefficient (Wildman–Crippen LogP) is 2.09. The summed E-state index contributed by atoms with van der Waals surface area (Å²) in [6.45, 7) is 3.09. The van der Waals surface area contributed by atoms with Gasteiger partial charge < -0.3 is 9.64 Å². The number of nitrogens with zero attached hydrogens (tertiary/aromatic N) is 2. The molecule has 1 aromatic heterocycles. The van der Waals surface area contributed by atoms with Crippen LogP contribution < -0.4 is 0 Å². The third-order valence-electron chi connectivity index (χ3n) is 5.34. The lowest BCUT2D eigenvalue weighted by molar-refractivity contribution is -0.157. The van der Waals surface area contributed by atoms with Gasteiger partial charge in [-0.1, -0.05) is 6.07 Å². The van der Waals surface area contributed by atoms with Gasteiger partial charge in [0.05, 0.1) is 5.92 Å². The Morgan fingerprint density at radius 3 is 2.56 bits per heavy atom. The Bertz CT molecular complexity index is 755. The van der Waals surface area contributed by atoms with E-state index in [0.29, 0.717) is 17.1 Å². The second-order valence-electron chi connectivity index (χ2n) is 7.15. The van der Waals surface area contributed by atoms with E-state index in [1.54, 1.807) is 22.4 Å². The summed E-state index contributed by atoms with van der Waals surface area (Å²) in [6.07, 6.45) is 3.92. The van der Waals surface area contributed by atoms with Crippen LogP contribution in [0, 0.1) is 5.92 Å². The van der Waals surface area contributed by atoms with Crippen LogP contribution in [0.3, 0.4) is 0 Å². The molecule has 3 rings (SSSR count). The average Bonchev–Trinajstić information content (AvgIpc) is 3.22. The molecule has 0 saturated carbocycles. The first kappa shape index (κ1) is 20.3. The Balaban J connectivity index is 1.47. The second kappa shape index (κ2) is 8.70. The number of hydrogen-bond donors (Lipinski definition) is 0. The van der Waals surface area contributed by atoms with Gasteiger partial charge in [-0.25, -0.2) is 8.42 Å². The summed E-state index contributed by atoms with van der Waals surface area (Å²) in [7, 11) is -3.48. The number of sulfonamides is 1. The van der Waals surface area contributed by atoms with Crippen molar-refractivity contribution in [2.45, 2.75) is 49.3 Å². The van der Waals surface area contributed by atoms with Gasteiger partial charge in [0.25, 0.3) is 15.9 Å². The molecule has 0 bridgehead atoms. The lowest BCUT2D eigenvalue weighted by Crippen LogP contribution is -2.45. The Kier molecular flexibility index (Phi) is 6.54. The molecule has 2 fully saturated rings. The van der Waals surface area contributed by atoms with Crippen LogP contribution in [0.2, 0.25) is 0 Å². The quantitative estimate of drug-likeness (QED) is 0.689. The molecule has 0 spiro atoms. The van der Waals surface area contributed by atoms with Crippen molar-refractivity contribution in [2.75, 3.05) is 26.2 Å². The minimum Gasteiger partial charge on any atom is -0.455 e. The molecule has 150 valence electrons. The van der Waals surface area contributed by atoms with Crippen molar-refractivity contribution >= 4 is 33.2 Å². The Morgan fingerprint density at radius 2 is 1.93 bits per heavy atom. The summed E-state index contributed by atoms with van der Waals surface area (Å²) in [5.74, 6) is -0.902. The standard InChI is InChI=1S/C18H26N2O5S2/c1-14-5-2-3-9-20(14)16(21)13-25-18(22)15-7-10-19(11-8-15)27(23,24)17-6-4-12-26-17/h4,6,12,14-15H,2-3,5,7-11,13H2,1H3/t14-/m0/s1. The van der Waals surface area contributed by atoms with Crippen LogP contribution in [0.4, 0.5) is 0 Å². The van der Waals surface area contributed by atoms with Crippen LogP contribution in [-0.4, -0.2) is 61.8 Å². The van der Waals surface area contributed by atoms with Crippen molar-refractivity contribution in [2.24, 2.45) is 5.92 Å². The molecular weight excluding hydrogens is 388 g/mol. The molecule has 2 saturated heterocycles. The molecule has 7 nitrogen and oxygen atoms in total. The van der Waals surface area contributed by atoms with Crippen LogP contribution in [0.5, 0.6) is 0 Å². The van der Waals surface area contributed by atoms with Crippen molar-refractivity contribution in [3.63, 3.8) is 0 Å². The van der Waals surface area contributed by atoms with E-state index in [9.17, 15) is 18.0 Å². The molecule has 0 aromatic carbocycles. The summed E-state index contributed by atoms with van der Waals surface area (Å²) < 4.78 is 32.0. The summed E-state index contributed by atoms with van der Waals surface area (Å²) in [5.41, 5.74) is 0. The van der Waals surface area contributed by atoms with Gasteiger partial charge in [-0.2, -0.15) is 4.31 Å². The van der Waals surface area contributed by atoms with Crippen molar-refractivity contribution < 1.29 is 22.7 Å². The summed E-state index contributed by atoms with van der Waals surface area (Å²) >= 11 is 1.19. The zero-order chi connectivity index (χ0) is 19.4. The molecular formula is C18H26N2O5S2. The average molecular weight is 415 g/mol. The van der Waals surface area contributed by atoms with Crippen LogP contribution >= 0.6 is 11.3 Å². The van der Waals surface area contributed by atoms with Gasteiger partial charge in [-0.05, 0) is 50.5 Å². The van der Waals surface area contributed by atoms with E-state index in [-0.39, 0.29) is 37.6 Å². The van der Waals surface area contributed by atoms with E-state index in [1.165, 1.54) is 15.6 Å². The number of thiophene rings is 1. The molecule has 0 radical (unpaired) electrons. The van der Waals surface area contributed by atoms with Gasteiger partial charge in [0.2, 0.25) is 0 Å². The lowest BCUT2D eigenvalue weighted by Gasteiger charge is -2.33. The van der Waals surface area contributed by atoms with Gasteiger partial charge in [0.15, 0.2) is 6.61 Å². The van der Waals surface area contributed by atoms with Gasteiger partial charge in [0.1, 0.15) is 4.21 Å². The van der Waals surface area contributed by atoms with E-state index in [0.717, 1.165) is 25.8 Å². The number of ether oxygens (including phenoxy) is 1. The van der Waals surface area contributed by atoms with Crippen LogP contribution in [0.1, 0.15) is 39.0 Å². The van der Waals surface area contributed by atoms with E-state index < -0.39 is 16.0 Å². The molecule has 1 atom stereocenters. The number of rotatable bonds is 5. The minimum atomic E-state index is -3.48. The molecule has 9 heteroatoms. The fourth-order valence-corrected chi connectivity index (χ4v) is 6.29. The molecule has 2 aliphatic rings. The largest absolute Gasteiger partial charge is 0.455 e. The first-order valence-corrected chi connectivity index (χ1v) is 11.7. The van der Waals surface area contributed by atoms with Crippen molar-refractivity contribution in [3.05, 3.63) is 17.5 Å². The zero-order valence-electron chi connectivity index (χ0n) is 15.5. The van der Waals surface area contributed by atoms with Gasteiger partial charge in [-0.15, -0.1) is 11.3 Å². The maximum absolute atomic E-state index is 12.5. The maximum Gasteiger partial charge on any atom is 0.309 e. The van der Waals surface area contributed by atoms with Crippen molar-refractivity contribution in [3.8, 4) is 0 Å². The van der Waals surface area contributed by atoms with Crippen LogP contribution in [0.25, 0.3) is 0 Å². The maximum atomic E-state index is 12.5. The van der Waals surface area contributed by atoms with Crippen molar-refractivity contribution in [1.29, 1.82) is 0 Å². The highest BCUT2D eigenvalue weighted by Crippen LogP contribution is 2.27. The summed E-state index contributed by atoms with van der Waals surface area (Å²) in [4.78, 5) is 26.4. The highest BCUT2D eigenvalue weighted by atomic mass is 32.2. The fraction of sp³-hybridized carbons (Fsp3) is 0.667. The molecule has 27 heavy (non-hydrogen) atoms.